The number of aryl methyl sites for hydroxylation is 1. The van der Waals surface area contributed by atoms with Crippen molar-refractivity contribution in [3.8, 4) is 5.75 Å². The lowest BCUT2D eigenvalue weighted by atomic mass is 9.91. The Balaban J connectivity index is 1.40. The summed E-state index contributed by atoms with van der Waals surface area (Å²) in [6.07, 6.45) is 1.51. The first-order valence-electron chi connectivity index (χ1n) is 12.5. The van der Waals surface area contributed by atoms with Gasteiger partial charge in [-0.1, -0.05) is 35.9 Å². The number of amides is 2. The molecule has 0 fully saturated rings. The van der Waals surface area contributed by atoms with Gasteiger partial charge in [-0.2, -0.15) is 0 Å². The molecule has 0 saturated carbocycles. The Morgan fingerprint density at radius 3 is 2.46 bits per heavy atom. The van der Waals surface area contributed by atoms with E-state index in [9.17, 15) is 18.0 Å². The van der Waals surface area contributed by atoms with Gasteiger partial charge in [0, 0.05) is 30.4 Å². The fraction of sp³-hybridized carbons (Fsp3) is 0.321. The monoisotopic (exact) mass is 552 g/mol. The van der Waals surface area contributed by atoms with Crippen LogP contribution >= 0.6 is 0 Å². The summed E-state index contributed by atoms with van der Waals surface area (Å²) in [6, 6.07) is 15.3. The lowest BCUT2D eigenvalue weighted by molar-refractivity contribution is 0.0556. The van der Waals surface area contributed by atoms with Crippen molar-refractivity contribution in [2.24, 2.45) is 0 Å². The number of para-hydroxylation sites is 1. The minimum atomic E-state index is -3.82. The summed E-state index contributed by atoms with van der Waals surface area (Å²) in [5.74, 6) is -0.280. The molecule has 4 rings (SSSR count). The molecule has 3 aromatic rings. The lowest BCUT2D eigenvalue weighted by Gasteiger charge is -2.23. The Morgan fingerprint density at radius 2 is 1.77 bits per heavy atom. The second-order valence-corrected chi connectivity index (χ2v) is 12.2. The predicted octanol–water partition coefficient (Wildman–Crippen LogP) is 4.20. The number of rotatable bonds is 7. The Hall–Kier alpha value is -4.12. The van der Waals surface area contributed by atoms with Crippen molar-refractivity contribution < 1.29 is 27.5 Å². The van der Waals surface area contributed by atoms with Crippen LogP contribution < -0.4 is 15.4 Å². The van der Waals surface area contributed by atoms with E-state index >= 15 is 0 Å². The maximum absolute atomic E-state index is 12.9. The number of hydrogen-bond donors (Lipinski definition) is 3. The first kappa shape index (κ1) is 27.9. The number of benzene rings is 2. The van der Waals surface area contributed by atoms with Gasteiger partial charge in [0.2, 0.25) is 0 Å². The molecule has 3 N–H and O–H groups in total. The van der Waals surface area contributed by atoms with Crippen LogP contribution in [0.1, 0.15) is 54.6 Å². The number of hydrogen-bond acceptors (Lipinski definition) is 7. The average Bonchev–Trinajstić information content (AvgIpc) is 3.49. The normalized spacial score (nSPS) is 16.6. The van der Waals surface area contributed by atoms with Crippen molar-refractivity contribution in [1.82, 2.24) is 14.6 Å². The van der Waals surface area contributed by atoms with E-state index in [1.54, 1.807) is 39.0 Å². The second-order valence-electron chi connectivity index (χ2n) is 10.3. The average molecular weight is 553 g/mol. The summed E-state index contributed by atoms with van der Waals surface area (Å²) in [6.45, 7) is 7.29. The number of aromatic nitrogens is 1. The number of fused-ring (bicyclic) bond motifs is 1. The van der Waals surface area contributed by atoms with Gasteiger partial charge >= 0.3 is 6.09 Å². The standard InChI is InChI=1S/C28H32N4O6S/c1-18-9-11-20(12-10-18)39(35,36)32-16-14-19(17-32)26(33)30-15-13-22-21-7-5-6-8-23(21)37-24(22)25(29)31-27(34)38-28(2,3)4/h5-12,14,16-17,22,24H,13,15H2,1-4H3,(H,30,33)(H2,29,31,34). The van der Waals surface area contributed by atoms with Crippen LogP contribution in [0.4, 0.5) is 4.79 Å². The molecule has 2 heterocycles. The number of carbonyl (C=O) groups is 2. The van der Waals surface area contributed by atoms with Crippen molar-refractivity contribution in [3.63, 3.8) is 0 Å². The molecule has 0 radical (unpaired) electrons. The Kier molecular flexibility index (Phi) is 7.82. The van der Waals surface area contributed by atoms with Gasteiger partial charge in [0.15, 0.2) is 6.10 Å². The highest BCUT2D eigenvalue weighted by atomic mass is 32.2. The topological polar surface area (TPSA) is 140 Å². The first-order valence-corrected chi connectivity index (χ1v) is 13.9. The molecule has 1 aliphatic heterocycles. The van der Waals surface area contributed by atoms with Gasteiger partial charge in [0.05, 0.1) is 10.5 Å². The molecule has 0 bridgehead atoms. The van der Waals surface area contributed by atoms with Crippen molar-refractivity contribution in [1.29, 1.82) is 5.41 Å². The molecule has 0 saturated heterocycles. The zero-order chi connectivity index (χ0) is 28.4. The predicted molar refractivity (Wildman–Crippen MR) is 146 cm³/mol. The molecule has 1 aromatic heterocycles. The minimum Gasteiger partial charge on any atom is -0.482 e. The molecule has 2 aromatic carbocycles. The van der Waals surface area contributed by atoms with Gasteiger partial charge in [0.1, 0.15) is 17.2 Å². The van der Waals surface area contributed by atoms with Crippen molar-refractivity contribution in [2.45, 2.75) is 56.6 Å². The Labute approximate surface area is 227 Å². The van der Waals surface area contributed by atoms with E-state index in [1.165, 1.54) is 30.6 Å². The molecular weight excluding hydrogens is 520 g/mol. The van der Waals surface area contributed by atoms with E-state index in [0.29, 0.717) is 12.2 Å². The third-order valence-corrected chi connectivity index (χ3v) is 7.77. The van der Waals surface area contributed by atoms with Crippen molar-refractivity contribution in [2.75, 3.05) is 6.54 Å². The van der Waals surface area contributed by atoms with Gasteiger partial charge in [-0.05, 0) is 58.4 Å². The van der Waals surface area contributed by atoms with E-state index in [4.69, 9.17) is 14.9 Å². The molecule has 11 heteroatoms. The number of nitrogens with one attached hydrogen (secondary N) is 3. The fourth-order valence-corrected chi connectivity index (χ4v) is 5.46. The number of alkyl carbamates (subject to hydrolysis) is 1. The molecule has 1 aliphatic rings. The number of carbonyl (C=O) groups excluding carboxylic acids is 2. The molecule has 2 unspecified atom stereocenters. The third kappa shape index (κ3) is 6.48. The minimum absolute atomic E-state index is 0.129. The Bertz CT molecular complexity index is 1490. The zero-order valence-electron chi connectivity index (χ0n) is 22.2. The SMILES string of the molecule is Cc1ccc(S(=O)(=O)n2ccc(C(=O)NCCC3c4ccccc4OC3C(=N)NC(=O)OC(C)(C)C)c2)cc1. The van der Waals surface area contributed by atoms with Gasteiger partial charge in [0.25, 0.3) is 15.9 Å². The van der Waals surface area contributed by atoms with Crippen LogP contribution in [0.5, 0.6) is 5.75 Å². The molecule has 2 atom stereocenters. The van der Waals surface area contributed by atoms with Crippen LogP contribution in [-0.4, -0.2) is 48.5 Å². The quantitative estimate of drug-likeness (QED) is 0.297. The van der Waals surface area contributed by atoms with E-state index < -0.39 is 33.7 Å². The smallest absolute Gasteiger partial charge is 0.413 e. The van der Waals surface area contributed by atoms with E-state index in [2.05, 4.69) is 10.6 Å². The van der Waals surface area contributed by atoms with Gasteiger partial charge in [-0.25, -0.2) is 17.2 Å². The molecule has 10 nitrogen and oxygen atoms in total. The van der Waals surface area contributed by atoms with E-state index in [0.717, 1.165) is 15.1 Å². The van der Waals surface area contributed by atoms with Crippen LogP contribution in [0.15, 0.2) is 71.9 Å². The van der Waals surface area contributed by atoms with Crippen LogP contribution in [0.25, 0.3) is 0 Å². The molecule has 206 valence electrons. The molecule has 0 spiro atoms. The van der Waals surface area contributed by atoms with Crippen LogP contribution in [-0.2, 0) is 14.8 Å². The third-order valence-electron chi connectivity index (χ3n) is 6.12. The summed E-state index contributed by atoms with van der Waals surface area (Å²) in [4.78, 5) is 25.2. The highest BCUT2D eigenvalue weighted by Crippen LogP contribution is 2.40. The second kappa shape index (κ2) is 10.9. The maximum atomic E-state index is 12.9. The summed E-state index contributed by atoms with van der Waals surface area (Å²) in [5.41, 5.74) is 1.29. The number of amidine groups is 1. The summed E-state index contributed by atoms with van der Waals surface area (Å²) < 4.78 is 38.0. The summed E-state index contributed by atoms with van der Waals surface area (Å²) in [7, 11) is -3.82. The highest BCUT2D eigenvalue weighted by molar-refractivity contribution is 7.90. The molecule has 0 aliphatic carbocycles. The number of nitrogens with zero attached hydrogens (tertiary/aromatic N) is 1. The lowest BCUT2D eigenvalue weighted by Crippen LogP contribution is -2.44. The van der Waals surface area contributed by atoms with Crippen LogP contribution in [0, 0.1) is 12.3 Å². The zero-order valence-corrected chi connectivity index (χ0v) is 23.0. The van der Waals surface area contributed by atoms with Crippen LogP contribution in [0.2, 0.25) is 0 Å². The van der Waals surface area contributed by atoms with Gasteiger partial charge < -0.3 is 14.8 Å². The van der Waals surface area contributed by atoms with Gasteiger partial charge in [-0.3, -0.25) is 15.5 Å². The Morgan fingerprint density at radius 1 is 1.08 bits per heavy atom. The van der Waals surface area contributed by atoms with Crippen LogP contribution in [0.3, 0.4) is 0 Å². The van der Waals surface area contributed by atoms with Crippen molar-refractivity contribution in [3.05, 3.63) is 83.7 Å². The summed E-state index contributed by atoms with van der Waals surface area (Å²) in [5, 5.41) is 13.7. The highest BCUT2D eigenvalue weighted by Gasteiger charge is 2.38. The molecule has 39 heavy (non-hydrogen) atoms. The molecular formula is C28H32N4O6S. The van der Waals surface area contributed by atoms with Gasteiger partial charge in [-0.15, -0.1) is 0 Å². The van der Waals surface area contributed by atoms with E-state index in [1.807, 2.05) is 25.1 Å². The molecule has 2 amide bonds. The summed E-state index contributed by atoms with van der Waals surface area (Å²) >= 11 is 0. The van der Waals surface area contributed by atoms with Crippen molar-refractivity contribution >= 4 is 27.9 Å². The number of ether oxygens (including phenoxy) is 2. The van der Waals surface area contributed by atoms with E-state index in [-0.39, 0.29) is 28.8 Å². The fourth-order valence-electron chi connectivity index (χ4n) is 4.26. The maximum Gasteiger partial charge on any atom is 0.413 e. The first-order chi connectivity index (χ1) is 18.3. The largest absolute Gasteiger partial charge is 0.482 e.